The summed E-state index contributed by atoms with van der Waals surface area (Å²) in [6.45, 7) is 4.81. The van der Waals surface area contributed by atoms with Gasteiger partial charge in [-0.1, -0.05) is 42.5 Å². The molecule has 3 rings (SSSR count). The van der Waals surface area contributed by atoms with Crippen LogP contribution >= 0.6 is 0 Å². The van der Waals surface area contributed by atoms with E-state index in [0.717, 1.165) is 28.8 Å². The number of esters is 2. The smallest absolute Gasteiger partial charge is 0.416 e. The van der Waals surface area contributed by atoms with Crippen molar-refractivity contribution in [3.63, 3.8) is 0 Å². The van der Waals surface area contributed by atoms with Crippen LogP contribution in [0.2, 0.25) is 0 Å². The molecular weight excluding hydrogens is 473 g/mol. The lowest BCUT2D eigenvalue weighted by Gasteiger charge is -2.21. The predicted molar refractivity (Wildman–Crippen MR) is 129 cm³/mol. The second-order valence-electron chi connectivity index (χ2n) is 9.13. The van der Waals surface area contributed by atoms with Gasteiger partial charge >= 0.3 is 18.1 Å². The molecule has 190 valence electrons. The Morgan fingerprint density at radius 2 is 1.42 bits per heavy atom. The van der Waals surface area contributed by atoms with Crippen molar-refractivity contribution in [2.75, 3.05) is 7.11 Å². The number of methoxy groups -OCH3 is 1. The summed E-state index contributed by atoms with van der Waals surface area (Å²) in [5.74, 6) is -0.679. The first-order valence-corrected chi connectivity index (χ1v) is 11.2. The topological polar surface area (TPSA) is 61.8 Å². The van der Waals surface area contributed by atoms with E-state index in [1.165, 1.54) is 13.2 Å². The third kappa shape index (κ3) is 7.34. The summed E-state index contributed by atoms with van der Waals surface area (Å²) in [4.78, 5) is 24.0. The van der Waals surface area contributed by atoms with Crippen LogP contribution in [0.5, 0.6) is 5.75 Å². The Labute approximate surface area is 207 Å². The molecule has 0 bridgehead atoms. The maximum absolute atomic E-state index is 13.2. The highest BCUT2D eigenvalue weighted by molar-refractivity contribution is 5.91. The first-order valence-electron chi connectivity index (χ1n) is 11.2. The minimum Gasteiger partial charge on any atom is -0.489 e. The van der Waals surface area contributed by atoms with E-state index in [-0.39, 0.29) is 30.1 Å². The van der Waals surface area contributed by atoms with Gasteiger partial charge in [-0.05, 0) is 61.7 Å². The van der Waals surface area contributed by atoms with Crippen molar-refractivity contribution < 1.29 is 37.0 Å². The Morgan fingerprint density at radius 1 is 0.833 bits per heavy atom. The molecular formula is C28H27F3O5. The SMILES string of the molecule is COC(=O)Cc1ccc(-c2ccc(OCc3ccc(C(F)(F)F)cc3C(=O)OC(C)(C)C)cc2)cc1. The van der Waals surface area contributed by atoms with E-state index in [4.69, 9.17) is 9.47 Å². The number of benzene rings is 3. The number of alkyl halides is 3. The molecule has 0 fully saturated rings. The standard InChI is InChI=1S/C28H27F3O5/c1-27(2,3)36-26(33)24-16-22(28(29,30)31)12-9-21(24)17-35-23-13-10-20(11-14-23)19-7-5-18(6-8-19)15-25(32)34-4/h5-14,16H,15,17H2,1-4H3. The maximum atomic E-state index is 13.2. The van der Waals surface area contributed by atoms with E-state index in [0.29, 0.717) is 5.75 Å². The number of halogens is 3. The first-order chi connectivity index (χ1) is 16.9. The third-order valence-electron chi connectivity index (χ3n) is 5.17. The highest BCUT2D eigenvalue weighted by Crippen LogP contribution is 2.32. The van der Waals surface area contributed by atoms with Gasteiger partial charge in [0.05, 0.1) is 24.7 Å². The number of rotatable bonds is 7. The fourth-order valence-corrected chi connectivity index (χ4v) is 3.36. The summed E-state index contributed by atoms with van der Waals surface area (Å²) in [6.07, 6.45) is -4.40. The second-order valence-corrected chi connectivity index (χ2v) is 9.13. The average Bonchev–Trinajstić information content (AvgIpc) is 2.81. The third-order valence-corrected chi connectivity index (χ3v) is 5.17. The summed E-state index contributed by atoms with van der Waals surface area (Å²) in [7, 11) is 1.34. The first kappa shape index (κ1) is 26.8. The molecule has 0 saturated heterocycles. The number of ether oxygens (including phenoxy) is 3. The summed E-state index contributed by atoms with van der Waals surface area (Å²) < 4.78 is 55.4. The average molecular weight is 501 g/mol. The minimum atomic E-state index is -4.59. The molecule has 0 aliphatic rings. The fourth-order valence-electron chi connectivity index (χ4n) is 3.36. The second kappa shape index (κ2) is 10.8. The van der Waals surface area contributed by atoms with Crippen LogP contribution in [0.15, 0.2) is 66.7 Å². The van der Waals surface area contributed by atoms with Gasteiger partial charge in [-0.15, -0.1) is 0 Å². The van der Waals surface area contributed by atoms with Crippen LogP contribution in [0.25, 0.3) is 11.1 Å². The van der Waals surface area contributed by atoms with Gasteiger partial charge in [0.1, 0.15) is 18.0 Å². The van der Waals surface area contributed by atoms with Crippen LogP contribution in [-0.4, -0.2) is 24.6 Å². The Bertz CT molecular complexity index is 1210. The molecule has 0 unspecified atom stereocenters. The molecule has 5 nitrogen and oxygen atoms in total. The van der Waals surface area contributed by atoms with Crippen molar-refractivity contribution in [1.29, 1.82) is 0 Å². The number of carbonyl (C=O) groups excluding carboxylic acids is 2. The monoisotopic (exact) mass is 500 g/mol. The van der Waals surface area contributed by atoms with Crippen molar-refractivity contribution in [2.45, 2.75) is 45.6 Å². The highest BCUT2D eigenvalue weighted by Gasteiger charge is 2.32. The maximum Gasteiger partial charge on any atom is 0.416 e. The summed E-state index contributed by atoms with van der Waals surface area (Å²) in [6, 6.07) is 17.6. The van der Waals surface area contributed by atoms with Crippen LogP contribution in [0.1, 0.15) is 47.8 Å². The Hall–Kier alpha value is -3.81. The quantitative estimate of drug-likeness (QED) is 0.341. The lowest BCUT2D eigenvalue weighted by atomic mass is 10.0. The molecule has 3 aromatic rings. The molecule has 0 amide bonds. The lowest BCUT2D eigenvalue weighted by Crippen LogP contribution is -2.25. The van der Waals surface area contributed by atoms with E-state index >= 15 is 0 Å². The van der Waals surface area contributed by atoms with Gasteiger partial charge in [-0.25, -0.2) is 4.79 Å². The molecule has 0 aromatic heterocycles. The molecule has 0 spiro atoms. The molecule has 36 heavy (non-hydrogen) atoms. The Balaban J connectivity index is 1.74. The largest absolute Gasteiger partial charge is 0.489 e. The summed E-state index contributed by atoms with van der Waals surface area (Å²) in [5.41, 5.74) is 0.973. The molecule has 0 saturated carbocycles. The van der Waals surface area contributed by atoms with Gasteiger partial charge < -0.3 is 14.2 Å². The molecule has 0 aliphatic carbocycles. The molecule has 0 atom stereocenters. The molecule has 0 radical (unpaired) electrons. The molecule has 0 heterocycles. The number of carbonyl (C=O) groups is 2. The van der Waals surface area contributed by atoms with Crippen molar-refractivity contribution in [1.82, 2.24) is 0 Å². The van der Waals surface area contributed by atoms with E-state index in [1.54, 1.807) is 32.9 Å². The van der Waals surface area contributed by atoms with Crippen LogP contribution in [0.3, 0.4) is 0 Å². The van der Waals surface area contributed by atoms with E-state index in [2.05, 4.69) is 4.74 Å². The van der Waals surface area contributed by atoms with Crippen molar-refractivity contribution in [2.24, 2.45) is 0 Å². The fraction of sp³-hybridized carbons (Fsp3) is 0.286. The minimum absolute atomic E-state index is 0.117. The van der Waals surface area contributed by atoms with Crippen molar-refractivity contribution >= 4 is 11.9 Å². The van der Waals surface area contributed by atoms with Gasteiger partial charge in [0.25, 0.3) is 0 Å². The summed E-state index contributed by atoms with van der Waals surface area (Å²) >= 11 is 0. The zero-order chi connectivity index (χ0) is 26.5. The zero-order valence-electron chi connectivity index (χ0n) is 20.4. The van der Waals surface area contributed by atoms with E-state index in [1.807, 2.05) is 36.4 Å². The molecule has 0 aliphatic heterocycles. The number of hydrogen-bond donors (Lipinski definition) is 0. The zero-order valence-corrected chi connectivity index (χ0v) is 20.4. The Morgan fingerprint density at radius 3 is 1.94 bits per heavy atom. The predicted octanol–water partition coefficient (Wildman–Crippen LogP) is 6.62. The summed E-state index contributed by atoms with van der Waals surface area (Å²) in [5, 5.41) is 0. The molecule has 3 aromatic carbocycles. The van der Waals surface area contributed by atoms with E-state index in [9.17, 15) is 22.8 Å². The van der Waals surface area contributed by atoms with Gasteiger partial charge in [0.15, 0.2) is 0 Å². The van der Waals surface area contributed by atoms with Crippen molar-refractivity contribution in [3.8, 4) is 16.9 Å². The van der Waals surface area contributed by atoms with Gasteiger partial charge in [0, 0.05) is 5.56 Å². The van der Waals surface area contributed by atoms with Crippen molar-refractivity contribution in [3.05, 3.63) is 89.0 Å². The number of hydrogen-bond acceptors (Lipinski definition) is 5. The normalized spacial score (nSPS) is 11.6. The van der Waals surface area contributed by atoms with Crippen LogP contribution < -0.4 is 4.74 Å². The Kier molecular flexibility index (Phi) is 8.07. The van der Waals surface area contributed by atoms with Crippen LogP contribution in [-0.2, 0) is 33.5 Å². The van der Waals surface area contributed by atoms with Gasteiger partial charge in [-0.3, -0.25) is 4.79 Å². The lowest BCUT2D eigenvalue weighted by molar-refractivity contribution is -0.140. The van der Waals surface area contributed by atoms with Gasteiger partial charge in [0.2, 0.25) is 0 Å². The van der Waals surface area contributed by atoms with Crippen LogP contribution in [0.4, 0.5) is 13.2 Å². The highest BCUT2D eigenvalue weighted by atomic mass is 19.4. The molecule has 0 N–H and O–H groups in total. The molecule has 8 heteroatoms. The van der Waals surface area contributed by atoms with E-state index < -0.39 is 23.3 Å². The van der Waals surface area contributed by atoms with Crippen LogP contribution in [0, 0.1) is 0 Å². The van der Waals surface area contributed by atoms with Gasteiger partial charge in [-0.2, -0.15) is 13.2 Å².